The number of benzene rings is 1. The van der Waals surface area contributed by atoms with Crippen LogP contribution in [0, 0.1) is 29.5 Å². The number of rotatable bonds is 5. The first-order valence-electron chi connectivity index (χ1n) is 12.5. The Morgan fingerprint density at radius 3 is 2.86 bits per heavy atom. The molecule has 0 bridgehead atoms. The summed E-state index contributed by atoms with van der Waals surface area (Å²) in [5, 5.41) is 3.01. The maximum atomic E-state index is 13.6. The molecule has 35 heavy (non-hydrogen) atoms. The van der Waals surface area contributed by atoms with Crippen molar-refractivity contribution in [2.45, 2.75) is 51.2 Å². The van der Waals surface area contributed by atoms with E-state index in [-0.39, 0.29) is 41.9 Å². The van der Waals surface area contributed by atoms with Crippen LogP contribution in [0.2, 0.25) is 0 Å². The molecule has 7 heteroatoms. The molecule has 1 aromatic carbocycles. The molecule has 184 valence electrons. The number of nitrogens with zero attached hydrogens (tertiary/aromatic N) is 1. The number of hydrogen-bond donors (Lipinski definition) is 1. The maximum absolute atomic E-state index is 13.6. The van der Waals surface area contributed by atoms with Crippen molar-refractivity contribution in [2.75, 3.05) is 6.61 Å². The molecule has 2 saturated carbocycles. The first kappa shape index (κ1) is 23.5. The van der Waals surface area contributed by atoms with Crippen LogP contribution in [-0.2, 0) is 14.3 Å². The highest BCUT2D eigenvalue weighted by Gasteiger charge is 2.51. The second kappa shape index (κ2) is 10.2. The molecule has 0 radical (unpaired) electrons. The van der Waals surface area contributed by atoms with Crippen molar-refractivity contribution < 1.29 is 23.5 Å². The van der Waals surface area contributed by atoms with E-state index in [1.54, 1.807) is 19.2 Å². The number of carbonyl (C=O) groups is 2. The van der Waals surface area contributed by atoms with Gasteiger partial charge in [0.25, 0.3) is 0 Å². The van der Waals surface area contributed by atoms with Crippen molar-refractivity contribution in [1.82, 2.24) is 10.3 Å². The average molecular weight is 479 g/mol. The zero-order valence-corrected chi connectivity index (χ0v) is 19.9. The van der Waals surface area contributed by atoms with E-state index in [1.807, 2.05) is 24.3 Å². The van der Waals surface area contributed by atoms with E-state index in [4.69, 9.17) is 9.47 Å². The lowest BCUT2D eigenvalue weighted by Gasteiger charge is -2.47. The lowest BCUT2D eigenvalue weighted by Crippen LogP contribution is -2.48. The molecular weight excluding hydrogens is 447 g/mol. The van der Waals surface area contributed by atoms with Crippen LogP contribution in [0.25, 0.3) is 17.2 Å². The summed E-state index contributed by atoms with van der Waals surface area (Å²) in [6.07, 6.45) is 9.63. The molecule has 1 aromatic heterocycles. The second-order valence-electron chi connectivity index (χ2n) is 9.87. The fraction of sp³-hybridized carbons (Fsp3) is 0.464. The smallest absolute Gasteiger partial charge is 0.407 e. The summed E-state index contributed by atoms with van der Waals surface area (Å²) in [6, 6.07) is 10.4. The third-order valence-corrected chi connectivity index (χ3v) is 7.71. The molecule has 3 fully saturated rings. The van der Waals surface area contributed by atoms with E-state index >= 15 is 0 Å². The normalized spacial score (nSPS) is 29.8. The van der Waals surface area contributed by atoms with Crippen molar-refractivity contribution >= 4 is 18.1 Å². The molecule has 1 amide bonds. The summed E-state index contributed by atoms with van der Waals surface area (Å²) < 4.78 is 24.4. The van der Waals surface area contributed by atoms with Crippen molar-refractivity contribution in [2.24, 2.45) is 23.7 Å². The van der Waals surface area contributed by atoms with E-state index in [1.165, 1.54) is 12.1 Å². The van der Waals surface area contributed by atoms with Crippen LogP contribution in [0.1, 0.15) is 44.7 Å². The Morgan fingerprint density at radius 2 is 2.09 bits per heavy atom. The van der Waals surface area contributed by atoms with Crippen LogP contribution in [-0.4, -0.2) is 35.8 Å². The van der Waals surface area contributed by atoms with Crippen LogP contribution in [0.5, 0.6) is 0 Å². The van der Waals surface area contributed by atoms with Gasteiger partial charge in [0.1, 0.15) is 11.9 Å². The standard InChI is InChI=1S/C28H31FN2O4/c1-2-34-28(33)31-23-9-10-24-19(14-23)12-20-15-26(32)35-27(20)25(24)11-8-22-7-6-18(16-30-22)17-4-3-5-21(29)13-17/h3-8,11,13,16,19-20,23-25,27H,2,9-10,12,14-15H2,1H3,(H,31,33)/b11-8+/t19-,20+,23+,24-,25+,27-/m1/s1. The van der Waals surface area contributed by atoms with Crippen molar-refractivity contribution in [1.29, 1.82) is 0 Å². The van der Waals surface area contributed by atoms with Gasteiger partial charge >= 0.3 is 12.1 Å². The number of fused-ring (bicyclic) bond motifs is 2. The van der Waals surface area contributed by atoms with E-state index in [9.17, 15) is 14.0 Å². The van der Waals surface area contributed by atoms with Gasteiger partial charge in [0.15, 0.2) is 0 Å². The average Bonchev–Trinajstić information content (AvgIpc) is 3.22. The minimum absolute atomic E-state index is 0.0962. The summed E-state index contributed by atoms with van der Waals surface area (Å²) in [7, 11) is 0. The maximum Gasteiger partial charge on any atom is 0.407 e. The van der Waals surface area contributed by atoms with E-state index in [2.05, 4.69) is 16.4 Å². The predicted molar refractivity (Wildman–Crippen MR) is 130 cm³/mol. The fourth-order valence-electron chi connectivity index (χ4n) is 6.21. The van der Waals surface area contributed by atoms with E-state index in [0.29, 0.717) is 24.9 Å². The summed E-state index contributed by atoms with van der Waals surface area (Å²) in [5.41, 5.74) is 2.46. The highest BCUT2D eigenvalue weighted by Crippen LogP contribution is 2.50. The SMILES string of the molecule is CCOC(=O)N[C@H]1CC[C@@H]2[C@@H](C1)C[C@H]1CC(=O)O[C@H]1[C@H]2/C=C/c1ccc(-c2cccc(F)c2)cn1. The van der Waals surface area contributed by atoms with E-state index < -0.39 is 0 Å². The van der Waals surface area contributed by atoms with Gasteiger partial charge < -0.3 is 14.8 Å². The zero-order valence-electron chi connectivity index (χ0n) is 19.9. The molecular formula is C28H31FN2O4. The lowest BCUT2D eigenvalue weighted by molar-refractivity contribution is -0.145. The molecule has 2 aliphatic carbocycles. The third kappa shape index (κ3) is 5.24. The highest BCUT2D eigenvalue weighted by atomic mass is 19.1. The predicted octanol–water partition coefficient (Wildman–Crippen LogP) is 5.38. The van der Waals surface area contributed by atoms with Crippen LogP contribution in [0.3, 0.4) is 0 Å². The molecule has 0 unspecified atom stereocenters. The Hall–Kier alpha value is -3.22. The van der Waals surface area contributed by atoms with Crippen LogP contribution >= 0.6 is 0 Å². The van der Waals surface area contributed by atoms with Gasteiger partial charge in [0.05, 0.1) is 18.7 Å². The molecule has 5 rings (SSSR count). The largest absolute Gasteiger partial charge is 0.461 e. The minimum Gasteiger partial charge on any atom is -0.461 e. The van der Waals surface area contributed by atoms with Crippen molar-refractivity contribution in [3.63, 3.8) is 0 Å². The molecule has 1 aliphatic heterocycles. The van der Waals surface area contributed by atoms with Gasteiger partial charge in [-0.05, 0) is 74.3 Å². The first-order valence-corrected chi connectivity index (χ1v) is 12.5. The topological polar surface area (TPSA) is 77.5 Å². The molecule has 1 N–H and O–H groups in total. The van der Waals surface area contributed by atoms with Crippen molar-refractivity contribution in [3.05, 3.63) is 60.2 Å². The van der Waals surface area contributed by atoms with E-state index in [0.717, 1.165) is 42.5 Å². The molecule has 0 spiro atoms. The molecule has 1 saturated heterocycles. The summed E-state index contributed by atoms with van der Waals surface area (Å²) in [6.45, 7) is 2.16. The Labute approximate surface area is 204 Å². The van der Waals surface area contributed by atoms with Crippen molar-refractivity contribution in [3.8, 4) is 11.1 Å². The quantitative estimate of drug-likeness (QED) is 0.584. The molecule has 3 aliphatic rings. The van der Waals surface area contributed by atoms with Crippen LogP contribution < -0.4 is 5.32 Å². The van der Waals surface area contributed by atoms with Gasteiger partial charge in [-0.2, -0.15) is 0 Å². The number of halogens is 1. The Kier molecular flexibility index (Phi) is 6.84. The van der Waals surface area contributed by atoms with Crippen LogP contribution in [0.15, 0.2) is 48.7 Å². The first-order chi connectivity index (χ1) is 17.0. The minimum atomic E-state index is -0.353. The van der Waals surface area contributed by atoms with Gasteiger partial charge in [-0.25, -0.2) is 9.18 Å². The Bertz CT molecular complexity index is 1100. The zero-order chi connectivity index (χ0) is 24.4. The molecule has 6 atom stereocenters. The number of amides is 1. The number of esters is 1. The summed E-state index contributed by atoms with van der Waals surface area (Å²) in [5.74, 6) is 0.762. The van der Waals surface area contributed by atoms with Crippen LogP contribution in [0.4, 0.5) is 9.18 Å². The third-order valence-electron chi connectivity index (χ3n) is 7.71. The number of hydrogen-bond acceptors (Lipinski definition) is 5. The molecule has 2 aromatic rings. The molecule has 6 nitrogen and oxygen atoms in total. The van der Waals surface area contributed by atoms with Gasteiger partial charge in [-0.3, -0.25) is 9.78 Å². The number of nitrogens with one attached hydrogen (secondary N) is 1. The number of carbonyl (C=O) groups excluding carboxylic acids is 2. The highest BCUT2D eigenvalue weighted by molar-refractivity contribution is 5.72. The number of ether oxygens (including phenoxy) is 2. The number of aromatic nitrogens is 1. The Balaban J connectivity index is 1.31. The second-order valence-corrected chi connectivity index (χ2v) is 9.87. The number of alkyl carbamates (subject to hydrolysis) is 1. The summed E-state index contributed by atoms with van der Waals surface area (Å²) in [4.78, 5) is 28.6. The summed E-state index contributed by atoms with van der Waals surface area (Å²) >= 11 is 0. The molecule has 2 heterocycles. The number of pyridine rings is 1. The van der Waals surface area contributed by atoms with Gasteiger partial charge in [0, 0.05) is 29.6 Å². The Morgan fingerprint density at radius 1 is 1.20 bits per heavy atom. The monoisotopic (exact) mass is 478 g/mol. The fourth-order valence-corrected chi connectivity index (χ4v) is 6.21. The van der Waals surface area contributed by atoms with Gasteiger partial charge in [-0.1, -0.05) is 24.3 Å². The van der Waals surface area contributed by atoms with Gasteiger partial charge in [0.2, 0.25) is 0 Å². The van der Waals surface area contributed by atoms with Gasteiger partial charge in [-0.15, -0.1) is 0 Å². The lowest BCUT2D eigenvalue weighted by atomic mass is 9.60.